The summed E-state index contributed by atoms with van der Waals surface area (Å²) < 4.78 is 8.88. The van der Waals surface area contributed by atoms with Gasteiger partial charge in [0.1, 0.15) is 11.9 Å². The standard InChI is InChI=1S/C10H10Br3NO/c11-6-3-8(12)10(9(13)4-6)15-7-1-2-14-5-7/h3-4,7,14H,1-2,5H2/t7-/m0/s1. The molecule has 5 heteroatoms. The largest absolute Gasteiger partial charge is 0.487 e. The van der Waals surface area contributed by atoms with Crippen LogP contribution in [0, 0.1) is 0 Å². The summed E-state index contributed by atoms with van der Waals surface area (Å²) in [4.78, 5) is 0. The number of rotatable bonds is 2. The van der Waals surface area contributed by atoms with Crippen LogP contribution in [0.2, 0.25) is 0 Å². The Balaban J connectivity index is 2.19. The zero-order chi connectivity index (χ0) is 10.8. The van der Waals surface area contributed by atoms with Gasteiger partial charge in [0, 0.05) is 11.0 Å². The van der Waals surface area contributed by atoms with Crippen LogP contribution < -0.4 is 10.1 Å². The van der Waals surface area contributed by atoms with Crippen LogP contribution in [0.5, 0.6) is 5.75 Å². The lowest BCUT2D eigenvalue weighted by Gasteiger charge is -2.15. The molecule has 2 rings (SSSR count). The van der Waals surface area contributed by atoms with Crippen molar-refractivity contribution in [3.05, 3.63) is 25.6 Å². The molecule has 0 spiro atoms. The average molecular weight is 400 g/mol. The Bertz CT molecular complexity index is 341. The van der Waals surface area contributed by atoms with Crippen LogP contribution >= 0.6 is 47.8 Å². The molecule has 15 heavy (non-hydrogen) atoms. The number of nitrogens with one attached hydrogen (secondary N) is 1. The van der Waals surface area contributed by atoms with Gasteiger partial charge in [-0.3, -0.25) is 0 Å². The molecule has 0 aromatic heterocycles. The molecule has 1 aliphatic heterocycles. The molecule has 0 bridgehead atoms. The molecular weight excluding hydrogens is 390 g/mol. The van der Waals surface area contributed by atoms with E-state index < -0.39 is 0 Å². The van der Waals surface area contributed by atoms with Gasteiger partial charge in [-0.05, 0) is 57.0 Å². The number of benzene rings is 1. The van der Waals surface area contributed by atoms with Gasteiger partial charge in [0.15, 0.2) is 0 Å². The molecule has 1 heterocycles. The summed E-state index contributed by atoms with van der Waals surface area (Å²) in [5.74, 6) is 0.881. The van der Waals surface area contributed by atoms with Crippen LogP contribution in [0.4, 0.5) is 0 Å². The van der Waals surface area contributed by atoms with Crippen molar-refractivity contribution >= 4 is 47.8 Å². The summed E-state index contributed by atoms with van der Waals surface area (Å²) in [5, 5.41) is 3.28. The molecule has 2 nitrogen and oxygen atoms in total. The lowest BCUT2D eigenvalue weighted by atomic mass is 10.3. The van der Waals surface area contributed by atoms with E-state index >= 15 is 0 Å². The fraction of sp³-hybridized carbons (Fsp3) is 0.400. The van der Waals surface area contributed by atoms with E-state index in [1.165, 1.54) is 0 Å². The van der Waals surface area contributed by atoms with Gasteiger partial charge in [0.05, 0.1) is 8.95 Å². The molecular formula is C10H10Br3NO. The molecule has 0 aliphatic carbocycles. The molecule has 1 N–H and O–H groups in total. The number of hydrogen-bond donors (Lipinski definition) is 1. The van der Waals surface area contributed by atoms with Gasteiger partial charge in [0.2, 0.25) is 0 Å². The van der Waals surface area contributed by atoms with Gasteiger partial charge in [-0.15, -0.1) is 0 Å². The number of ether oxygens (including phenoxy) is 1. The highest BCUT2D eigenvalue weighted by Gasteiger charge is 2.18. The second-order valence-electron chi connectivity index (χ2n) is 3.43. The summed E-state index contributed by atoms with van der Waals surface area (Å²) in [5.41, 5.74) is 0. The van der Waals surface area contributed by atoms with Crippen LogP contribution in [0.3, 0.4) is 0 Å². The first-order valence-corrected chi connectivity index (χ1v) is 7.06. The third-order valence-corrected chi connectivity index (χ3v) is 3.90. The van der Waals surface area contributed by atoms with Crippen LogP contribution in [0.15, 0.2) is 25.6 Å². The maximum absolute atomic E-state index is 5.91. The zero-order valence-electron chi connectivity index (χ0n) is 7.90. The Kier molecular flexibility index (Phi) is 4.10. The van der Waals surface area contributed by atoms with E-state index in [9.17, 15) is 0 Å². The molecule has 0 saturated carbocycles. The van der Waals surface area contributed by atoms with Gasteiger partial charge in [-0.25, -0.2) is 0 Å². The predicted molar refractivity (Wildman–Crippen MR) is 71.4 cm³/mol. The molecule has 0 unspecified atom stereocenters. The SMILES string of the molecule is Brc1cc(Br)c(O[C@H]2CCNC2)c(Br)c1. The fourth-order valence-corrected chi connectivity index (χ4v) is 3.98. The smallest absolute Gasteiger partial charge is 0.148 e. The van der Waals surface area contributed by atoms with E-state index in [2.05, 4.69) is 53.1 Å². The summed E-state index contributed by atoms with van der Waals surface area (Å²) in [6.45, 7) is 1.96. The van der Waals surface area contributed by atoms with Gasteiger partial charge in [0.25, 0.3) is 0 Å². The predicted octanol–water partition coefficient (Wildman–Crippen LogP) is 3.71. The average Bonchev–Trinajstić information content (AvgIpc) is 2.63. The second-order valence-corrected chi connectivity index (χ2v) is 6.06. The molecule has 1 aromatic carbocycles. The van der Waals surface area contributed by atoms with Gasteiger partial charge in [-0.1, -0.05) is 15.9 Å². The Morgan fingerprint density at radius 3 is 2.40 bits per heavy atom. The van der Waals surface area contributed by atoms with E-state index in [0.29, 0.717) is 0 Å². The number of hydrogen-bond acceptors (Lipinski definition) is 2. The molecule has 82 valence electrons. The van der Waals surface area contributed by atoms with Crippen molar-refractivity contribution in [3.8, 4) is 5.75 Å². The summed E-state index contributed by atoms with van der Waals surface area (Å²) in [6, 6.07) is 3.98. The molecule has 1 saturated heterocycles. The van der Waals surface area contributed by atoms with Crippen molar-refractivity contribution in [2.75, 3.05) is 13.1 Å². The van der Waals surface area contributed by atoms with Crippen LogP contribution in [-0.2, 0) is 0 Å². The first-order chi connectivity index (χ1) is 7.16. The first kappa shape index (κ1) is 11.9. The highest BCUT2D eigenvalue weighted by molar-refractivity contribution is 9.11. The van der Waals surface area contributed by atoms with E-state index in [0.717, 1.165) is 38.7 Å². The van der Waals surface area contributed by atoms with Crippen molar-refractivity contribution in [3.63, 3.8) is 0 Å². The summed E-state index contributed by atoms with van der Waals surface area (Å²) in [7, 11) is 0. The van der Waals surface area contributed by atoms with Crippen molar-refractivity contribution in [1.29, 1.82) is 0 Å². The lowest BCUT2D eigenvalue weighted by Crippen LogP contribution is -2.19. The quantitative estimate of drug-likeness (QED) is 0.818. The second kappa shape index (κ2) is 5.17. The summed E-state index contributed by atoms with van der Waals surface area (Å²) in [6.07, 6.45) is 1.34. The van der Waals surface area contributed by atoms with Crippen molar-refractivity contribution in [1.82, 2.24) is 5.32 Å². The molecule has 0 radical (unpaired) electrons. The minimum absolute atomic E-state index is 0.277. The third kappa shape index (κ3) is 2.96. The van der Waals surface area contributed by atoms with Crippen molar-refractivity contribution in [2.24, 2.45) is 0 Å². The molecule has 1 aromatic rings. The topological polar surface area (TPSA) is 21.3 Å². The van der Waals surface area contributed by atoms with E-state index in [-0.39, 0.29) is 6.10 Å². The Morgan fingerprint density at radius 1 is 1.20 bits per heavy atom. The molecule has 1 fully saturated rings. The first-order valence-electron chi connectivity index (χ1n) is 4.69. The zero-order valence-corrected chi connectivity index (χ0v) is 12.7. The maximum atomic E-state index is 5.91. The lowest BCUT2D eigenvalue weighted by molar-refractivity contribution is 0.220. The minimum Gasteiger partial charge on any atom is -0.487 e. The van der Waals surface area contributed by atoms with Gasteiger partial charge < -0.3 is 10.1 Å². The number of halogens is 3. The van der Waals surface area contributed by atoms with Crippen LogP contribution in [0.25, 0.3) is 0 Å². The molecule has 1 aliphatic rings. The van der Waals surface area contributed by atoms with E-state index in [4.69, 9.17) is 4.74 Å². The molecule has 1 atom stereocenters. The third-order valence-electron chi connectivity index (χ3n) is 2.26. The van der Waals surface area contributed by atoms with Crippen LogP contribution in [0.1, 0.15) is 6.42 Å². The highest BCUT2D eigenvalue weighted by atomic mass is 79.9. The van der Waals surface area contributed by atoms with E-state index in [1.54, 1.807) is 0 Å². The normalized spacial score (nSPS) is 20.6. The monoisotopic (exact) mass is 397 g/mol. The van der Waals surface area contributed by atoms with Crippen LogP contribution in [-0.4, -0.2) is 19.2 Å². The maximum Gasteiger partial charge on any atom is 0.148 e. The highest BCUT2D eigenvalue weighted by Crippen LogP contribution is 2.37. The Labute approximate surface area is 114 Å². The Hall–Kier alpha value is 0.420. The fourth-order valence-electron chi connectivity index (χ4n) is 1.54. The summed E-state index contributed by atoms with van der Waals surface area (Å²) >= 11 is 10.4. The van der Waals surface area contributed by atoms with E-state index in [1.807, 2.05) is 12.1 Å². The minimum atomic E-state index is 0.277. The van der Waals surface area contributed by atoms with Crippen molar-refractivity contribution in [2.45, 2.75) is 12.5 Å². The van der Waals surface area contributed by atoms with Gasteiger partial charge >= 0.3 is 0 Å². The van der Waals surface area contributed by atoms with Gasteiger partial charge in [-0.2, -0.15) is 0 Å². The molecule has 0 amide bonds. The van der Waals surface area contributed by atoms with Crippen molar-refractivity contribution < 1.29 is 4.74 Å². The Morgan fingerprint density at radius 2 is 1.87 bits per heavy atom.